The minimum absolute atomic E-state index is 0.0451. The van der Waals surface area contributed by atoms with Gasteiger partial charge in [0.25, 0.3) is 11.8 Å². The zero-order valence-corrected chi connectivity index (χ0v) is 16.6. The molecule has 166 valence electrons. The molecule has 0 atom stereocenters. The van der Waals surface area contributed by atoms with Gasteiger partial charge in [0.05, 0.1) is 0 Å². The quantitative estimate of drug-likeness (QED) is 0.467. The number of carbonyl (C=O) groups excluding carboxylic acids is 2. The molecule has 0 unspecified atom stereocenters. The maximum atomic E-state index is 12.1. The predicted molar refractivity (Wildman–Crippen MR) is 102 cm³/mol. The van der Waals surface area contributed by atoms with Gasteiger partial charge >= 0.3 is 15.6 Å². The standard InChI is InChI=1S/C10H8F3NO4S.C9H9NO2/c11-10(12,13)19(16,17)18-7-1-2-8-6(5-7)3-4-14-9(8)15;11-7-1-2-8-6(5-7)3-4-10-9(8)12/h1-2,5H,3-4H2,(H,14,15);1-2,5,11H,3-4H2,(H,10,12). The van der Waals surface area contributed by atoms with Gasteiger partial charge in [-0.2, -0.15) is 21.6 Å². The zero-order valence-electron chi connectivity index (χ0n) is 15.8. The molecule has 0 saturated heterocycles. The number of amides is 2. The molecular formula is C19H17F3N2O6S. The van der Waals surface area contributed by atoms with Gasteiger partial charge < -0.3 is 19.9 Å². The number of alkyl halides is 3. The Labute approximate surface area is 175 Å². The van der Waals surface area contributed by atoms with Crippen LogP contribution in [0.3, 0.4) is 0 Å². The minimum Gasteiger partial charge on any atom is -0.508 e. The van der Waals surface area contributed by atoms with E-state index < -0.39 is 21.4 Å². The van der Waals surface area contributed by atoms with Gasteiger partial charge in [-0.25, -0.2) is 0 Å². The lowest BCUT2D eigenvalue weighted by Gasteiger charge is -2.17. The lowest BCUT2D eigenvalue weighted by Crippen LogP contribution is -2.32. The van der Waals surface area contributed by atoms with E-state index >= 15 is 0 Å². The summed E-state index contributed by atoms with van der Waals surface area (Å²) in [5.74, 6) is -0.642. The Morgan fingerprint density at radius 3 is 1.94 bits per heavy atom. The van der Waals surface area contributed by atoms with Crippen molar-refractivity contribution in [2.75, 3.05) is 13.1 Å². The number of rotatable bonds is 2. The molecule has 2 amide bonds. The van der Waals surface area contributed by atoms with Crippen molar-refractivity contribution in [3.8, 4) is 11.5 Å². The largest absolute Gasteiger partial charge is 0.534 e. The van der Waals surface area contributed by atoms with Crippen LogP contribution in [-0.2, 0) is 23.0 Å². The Bertz CT molecular complexity index is 1130. The molecule has 2 aliphatic heterocycles. The number of hydrogen-bond donors (Lipinski definition) is 3. The Balaban J connectivity index is 0.000000194. The highest BCUT2D eigenvalue weighted by atomic mass is 32.2. The van der Waals surface area contributed by atoms with Gasteiger partial charge in [-0.1, -0.05) is 0 Å². The van der Waals surface area contributed by atoms with Crippen molar-refractivity contribution in [2.24, 2.45) is 0 Å². The molecule has 4 rings (SSSR count). The van der Waals surface area contributed by atoms with E-state index in [9.17, 15) is 31.2 Å². The summed E-state index contributed by atoms with van der Waals surface area (Å²) >= 11 is 0. The van der Waals surface area contributed by atoms with Gasteiger partial charge in [0.2, 0.25) is 0 Å². The third-order valence-corrected chi connectivity index (χ3v) is 5.48. The molecule has 2 aromatic carbocycles. The second kappa shape index (κ2) is 8.46. The van der Waals surface area contributed by atoms with Gasteiger partial charge in [0, 0.05) is 24.2 Å². The van der Waals surface area contributed by atoms with Gasteiger partial charge in [-0.05, 0) is 60.4 Å². The van der Waals surface area contributed by atoms with Crippen LogP contribution in [-0.4, -0.2) is 43.9 Å². The monoisotopic (exact) mass is 458 g/mol. The van der Waals surface area contributed by atoms with Crippen molar-refractivity contribution in [1.29, 1.82) is 0 Å². The van der Waals surface area contributed by atoms with E-state index in [2.05, 4.69) is 14.8 Å². The Morgan fingerprint density at radius 2 is 1.39 bits per heavy atom. The summed E-state index contributed by atoms with van der Waals surface area (Å²) in [5, 5.41) is 14.4. The van der Waals surface area contributed by atoms with Crippen molar-refractivity contribution >= 4 is 21.9 Å². The zero-order chi connectivity index (χ0) is 22.8. The van der Waals surface area contributed by atoms with E-state index in [1.54, 1.807) is 12.1 Å². The SMILES string of the molecule is O=C1NCCc2cc(O)ccc21.O=C1NCCc2cc(OS(=O)(=O)C(F)(F)F)ccc21. The van der Waals surface area contributed by atoms with E-state index in [-0.39, 0.29) is 17.6 Å². The first-order valence-corrected chi connectivity index (χ1v) is 10.4. The van der Waals surface area contributed by atoms with Crippen LogP contribution in [0.4, 0.5) is 13.2 Å². The molecule has 0 fully saturated rings. The molecule has 0 spiro atoms. The third kappa shape index (κ3) is 5.08. The van der Waals surface area contributed by atoms with Crippen molar-refractivity contribution in [2.45, 2.75) is 18.3 Å². The molecule has 0 radical (unpaired) electrons. The molecular weight excluding hydrogens is 441 g/mol. The van der Waals surface area contributed by atoms with E-state index in [1.165, 1.54) is 12.1 Å². The maximum Gasteiger partial charge on any atom is 0.534 e. The maximum absolute atomic E-state index is 12.1. The predicted octanol–water partition coefficient (Wildman–Crippen LogP) is 1.88. The lowest BCUT2D eigenvalue weighted by molar-refractivity contribution is -0.0500. The second-order valence-electron chi connectivity index (χ2n) is 6.66. The van der Waals surface area contributed by atoms with Crippen LogP contribution in [0.25, 0.3) is 0 Å². The number of nitrogens with one attached hydrogen (secondary N) is 2. The molecule has 0 bridgehead atoms. The number of phenols is 1. The molecule has 0 aromatic heterocycles. The molecule has 31 heavy (non-hydrogen) atoms. The van der Waals surface area contributed by atoms with Gasteiger partial charge in [-0.15, -0.1) is 0 Å². The van der Waals surface area contributed by atoms with Crippen LogP contribution in [0.15, 0.2) is 36.4 Å². The Hall–Kier alpha value is -3.28. The summed E-state index contributed by atoms with van der Waals surface area (Å²) in [6.45, 7) is 0.997. The number of fused-ring (bicyclic) bond motifs is 2. The van der Waals surface area contributed by atoms with Crippen molar-refractivity contribution in [3.63, 3.8) is 0 Å². The first kappa shape index (κ1) is 22.4. The third-order valence-electron chi connectivity index (χ3n) is 4.50. The summed E-state index contributed by atoms with van der Waals surface area (Å²) in [7, 11) is -5.69. The van der Waals surface area contributed by atoms with E-state index in [4.69, 9.17) is 5.11 Å². The van der Waals surface area contributed by atoms with Crippen LogP contribution < -0.4 is 14.8 Å². The normalized spacial score (nSPS) is 15.5. The summed E-state index contributed by atoms with van der Waals surface area (Å²) in [4.78, 5) is 22.6. The molecule has 0 aliphatic carbocycles. The smallest absolute Gasteiger partial charge is 0.508 e. The second-order valence-corrected chi connectivity index (χ2v) is 8.19. The van der Waals surface area contributed by atoms with Crippen molar-refractivity contribution in [1.82, 2.24) is 10.6 Å². The van der Waals surface area contributed by atoms with Gasteiger partial charge in [-0.3, -0.25) is 9.59 Å². The summed E-state index contributed by atoms with van der Waals surface area (Å²) in [5.41, 5.74) is -3.14. The summed E-state index contributed by atoms with van der Waals surface area (Å²) in [6.07, 6.45) is 1.19. The molecule has 2 aromatic rings. The fourth-order valence-corrected chi connectivity index (χ4v) is 3.50. The van der Waals surface area contributed by atoms with Gasteiger partial charge in [0.15, 0.2) is 0 Å². The molecule has 8 nitrogen and oxygen atoms in total. The highest BCUT2D eigenvalue weighted by Crippen LogP contribution is 2.28. The highest BCUT2D eigenvalue weighted by Gasteiger charge is 2.48. The topological polar surface area (TPSA) is 122 Å². The fourth-order valence-electron chi connectivity index (χ4n) is 3.04. The number of carbonyl (C=O) groups is 2. The number of aromatic hydroxyl groups is 1. The Morgan fingerprint density at radius 1 is 0.871 bits per heavy atom. The number of halogens is 3. The van der Waals surface area contributed by atoms with Gasteiger partial charge in [0.1, 0.15) is 11.5 Å². The van der Waals surface area contributed by atoms with Crippen LogP contribution in [0, 0.1) is 0 Å². The van der Waals surface area contributed by atoms with Crippen LogP contribution in [0.1, 0.15) is 31.8 Å². The Kier molecular flexibility index (Phi) is 6.11. The summed E-state index contributed by atoms with van der Waals surface area (Å²) in [6, 6.07) is 8.19. The van der Waals surface area contributed by atoms with Crippen LogP contribution in [0.5, 0.6) is 11.5 Å². The van der Waals surface area contributed by atoms with Crippen LogP contribution >= 0.6 is 0 Å². The van der Waals surface area contributed by atoms with E-state index in [1.807, 2.05) is 0 Å². The number of phenolic OH excluding ortho intramolecular Hbond substituents is 1. The lowest BCUT2D eigenvalue weighted by atomic mass is 10.0. The van der Waals surface area contributed by atoms with Crippen LogP contribution in [0.2, 0.25) is 0 Å². The molecule has 2 heterocycles. The van der Waals surface area contributed by atoms with E-state index in [0.717, 1.165) is 24.1 Å². The van der Waals surface area contributed by atoms with E-state index in [0.29, 0.717) is 36.2 Å². The molecule has 0 saturated carbocycles. The fraction of sp³-hybridized carbons (Fsp3) is 0.263. The average molecular weight is 458 g/mol. The van der Waals surface area contributed by atoms with Crippen molar-refractivity contribution in [3.05, 3.63) is 58.7 Å². The highest BCUT2D eigenvalue weighted by molar-refractivity contribution is 7.88. The number of hydrogen-bond acceptors (Lipinski definition) is 6. The minimum atomic E-state index is -5.69. The molecule has 3 N–H and O–H groups in total. The first-order valence-electron chi connectivity index (χ1n) is 9.00. The molecule has 12 heteroatoms. The molecule has 2 aliphatic rings. The average Bonchev–Trinajstić information content (AvgIpc) is 2.67. The number of benzene rings is 2. The first-order chi connectivity index (χ1) is 14.5. The van der Waals surface area contributed by atoms with Crippen molar-refractivity contribution < 1.29 is 40.5 Å². The summed E-state index contributed by atoms with van der Waals surface area (Å²) < 4.78 is 62.1.